The molecule has 0 bridgehead atoms. The van der Waals surface area contributed by atoms with Crippen LogP contribution in [0.1, 0.15) is 0 Å². The average molecular weight is 732 g/mol. The van der Waals surface area contributed by atoms with Crippen LogP contribution in [-0.4, -0.2) is 14.5 Å². The SMILES string of the molecule is c1ccc(-c2cc(-c3ccccc3)nc(-c3cc(-c4ccccc4)c(-n4c5ccccc5c5cc6sc7ccccc7c6cc54)c(-c4ccccc4)c3)n2)cc1. The van der Waals surface area contributed by atoms with Gasteiger partial charge in [-0.2, -0.15) is 0 Å². The number of aromatic nitrogens is 3. The Hall–Kier alpha value is -7.14. The number of thiophene rings is 1. The fourth-order valence-electron chi connectivity index (χ4n) is 8.20. The molecule has 0 saturated heterocycles. The van der Waals surface area contributed by atoms with Crippen molar-refractivity contribution in [2.24, 2.45) is 0 Å². The smallest absolute Gasteiger partial charge is 0.160 e. The lowest BCUT2D eigenvalue weighted by Crippen LogP contribution is -2.03. The van der Waals surface area contributed by atoms with Crippen molar-refractivity contribution in [2.45, 2.75) is 0 Å². The van der Waals surface area contributed by atoms with E-state index in [0.717, 1.165) is 56.0 Å². The number of hydrogen-bond donors (Lipinski definition) is 0. The molecule has 0 saturated carbocycles. The number of para-hydroxylation sites is 1. The molecule has 0 amide bonds. The van der Waals surface area contributed by atoms with Gasteiger partial charge in [0.2, 0.25) is 0 Å². The fraction of sp³-hybridized carbons (Fsp3) is 0. The Labute approximate surface area is 328 Å². The van der Waals surface area contributed by atoms with E-state index >= 15 is 0 Å². The highest BCUT2D eigenvalue weighted by Gasteiger charge is 2.23. The highest BCUT2D eigenvalue weighted by molar-refractivity contribution is 7.25. The Morgan fingerprint density at radius 3 is 1.43 bits per heavy atom. The highest BCUT2D eigenvalue weighted by atomic mass is 32.1. The molecule has 0 fully saturated rings. The van der Waals surface area contributed by atoms with Crippen molar-refractivity contribution in [1.82, 2.24) is 14.5 Å². The summed E-state index contributed by atoms with van der Waals surface area (Å²) in [6, 6.07) is 71.5. The molecule has 0 atom stereocenters. The summed E-state index contributed by atoms with van der Waals surface area (Å²) < 4.78 is 5.10. The van der Waals surface area contributed by atoms with Crippen LogP contribution in [0.3, 0.4) is 0 Å². The van der Waals surface area contributed by atoms with E-state index in [4.69, 9.17) is 9.97 Å². The zero-order chi connectivity index (χ0) is 37.0. The van der Waals surface area contributed by atoms with E-state index in [-0.39, 0.29) is 0 Å². The van der Waals surface area contributed by atoms with Gasteiger partial charge in [0, 0.05) is 58.8 Å². The van der Waals surface area contributed by atoms with Gasteiger partial charge in [-0.3, -0.25) is 0 Å². The number of benzene rings is 8. The second-order valence-corrected chi connectivity index (χ2v) is 15.2. The Kier molecular flexibility index (Phi) is 7.68. The molecular weight excluding hydrogens is 699 g/mol. The molecule has 0 N–H and O–H groups in total. The van der Waals surface area contributed by atoms with Crippen molar-refractivity contribution >= 4 is 53.3 Å². The maximum absolute atomic E-state index is 5.30. The van der Waals surface area contributed by atoms with Crippen LogP contribution in [-0.2, 0) is 0 Å². The Morgan fingerprint density at radius 2 is 0.839 bits per heavy atom. The summed E-state index contributed by atoms with van der Waals surface area (Å²) in [6.07, 6.45) is 0. The minimum absolute atomic E-state index is 0.680. The molecule has 262 valence electrons. The summed E-state index contributed by atoms with van der Waals surface area (Å²) in [5.41, 5.74) is 12.7. The third-order valence-corrected chi connectivity index (χ3v) is 11.9. The number of nitrogens with zero attached hydrogens (tertiary/aromatic N) is 3. The molecule has 3 nitrogen and oxygen atoms in total. The molecule has 0 radical (unpaired) electrons. The molecule has 3 aromatic heterocycles. The minimum Gasteiger partial charge on any atom is -0.308 e. The lowest BCUT2D eigenvalue weighted by molar-refractivity contribution is 1.17. The summed E-state index contributed by atoms with van der Waals surface area (Å²) in [6.45, 7) is 0. The summed E-state index contributed by atoms with van der Waals surface area (Å²) >= 11 is 1.87. The molecule has 0 aliphatic heterocycles. The van der Waals surface area contributed by atoms with Crippen LogP contribution in [0.2, 0.25) is 0 Å². The summed E-state index contributed by atoms with van der Waals surface area (Å²) in [7, 11) is 0. The normalized spacial score (nSPS) is 11.6. The maximum atomic E-state index is 5.30. The standard InChI is InChI=1S/C52H33N3S/c1-5-17-34(18-6-1)41-29-38(52-53-45(36-21-9-3-10-22-36)33-46(54-52)37-23-11-4-12-24-37)30-42(35-19-7-2-8-20-35)51(41)55-47-27-15-13-25-39(47)43-32-50-44(31-48(43)55)40-26-14-16-28-49(40)56-50/h1-33H. The lowest BCUT2D eigenvalue weighted by atomic mass is 9.92. The molecule has 8 aromatic carbocycles. The van der Waals surface area contributed by atoms with Crippen LogP contribution in [0.5, 0.6) is 0 Å². The van der Waals surface area contributed by atoms with E-state index in [1.807, 2.05) is 23.5 Å². The highest BCUT2D eigenvalue weighted by Crippen LogP contribution is 2.46. The van der Waals surface area contributed by atoms with E-state index in [0.29, 0.717) is 5.82 Å². The predicted octanol–water partition coefficient (Wildman–Crippen LogP) is 14.3. The second kappa shape index (κ2) is 13.3. The van der Waals surface area contributed by atoms with Crippen LogP contribution >= 0.6 is 11.3 Å². The van der Waals surface area contributed by atoms with Gasteiger partial charge in [0.25, 0.3) is 0 Å². The third kappa shape index (κ3) is 5.42. The predicted molar refractivity (Wildman–Crippen MR) is 236 cm³/mol. The summed E-state index contributed by atoms with van der Waals surface area (Å²) in [4.78, 5) is 10.6. The van der Waals surface area contributed by atoms with Crippen LogP contribution in [0.25, 0.3) is 104 Å². The molecule has 0 aliphatic rings. The topological polar surface area (TPSA) is 30.7 Å². The Bertz CT molecular complexity index is 3100. The maximum Gasteiger partial charge on any atom is 0.160 e. The number of hydrogen-bond acceptors (Lipinski definition) is 3. The molecule has 0 aliphatic carbocycles. The summed E-state index contributed by atoms with van der Waals surface area (Å²) in [5.74, 6) is 0.680. The van der Waals surface area contributed by atoms with Gasteiger partial charge in [0.1, 0.15) is 0 Å². The Balaban J connectivity index is 1.27. The molecule has 4 heteroatoms. The molecule has 11 rings (SSSR count). The number of rotatable bonds is 6. The first kappa shape index (κ1) is 32.3. The van der Waals surface area contributed by atoms with Crippen LogP contribution < -0.4 is 0 Å². The fourth-order valence-corrected chi connectivity index (χ4v) is 9.32. The largest absolute Gasteiger partial charge is 0.308 e. The van der Waals surface area contributed by atoms with Crippen LogP contribution in [0, 0.1) is 0 Å². The van der Waals surface area contributed by atoms with E-state index in [9.17, 15) is 0 Å². The molecule has 56 heavy (non-hydrogen) atoms. The first-order valence-electron chi connectivity index (χ1n) is 18.9. The zero-order valence-corrected chi connectivity index (χ0v) is 31.1. The first-order chi connectivity index (χ1) is 27.8. The zero-order valence-electron chi connectivity index (χ0n) is 30.3. The van der Waals surface area contributed by atoms with Crippen molar-refractivity contribution in [1.29, 1.82) is 0 Å². The van der Waals surface area contributed by atoms with Crippen molar-refractivity contribution in [2.75, 3.05) is 0 Å². The molecular formula is C52H33N3S. The van der Waals surface area contributed by atoms with Crippen molar-refractivity contribution in [3.05, 3.63) is 200 Å². The average Bonchev–Trinajstić information content (AvgIpc) is 3.80. The second-order valence-electron chi connectivity index (χ2n) is 14.2. The van der Waals surface area contributed by atoms with Crippen LogP contribution in [0.15, 0.2) is 200 Å². The molecule has 3 heterocycles. The van der Waals surface area contributed by atoms with Gasteiger partial charge in [0.15, 0.2) is 5.82 Å². The quantitative estimate of drug-likeness (QED) is 0.170. The van der Waals surface area contributed by atoms with Gasteiger partial charge >= 0.3 is 0 Å². The summed E-state index contributed by atoms with van der Waals surface area (Å²) in [5, 5.41) is 5.04. The van der Waals surface area contributed by atoms with Gasteiger partial charge in [-0.1, -0.05) is 158 Å². The van der Waals surface area contributed by atoms with Gasteiger partial charge in [-0.15, -0.1) is 11.3 Å². The van der Waals surface area contributed by atoms with Crippen LogP contribution in [0.4, 0.5) is 0 Å². The van der Waals surface area contributed by atoms with Gasteiger partial charge in [-0.25, -0.2) is 9.97 Å². The van der Waals surface area contributed by atoms with Crippen molar-refractivity contribution < 1.29 is 0 Å². The Morgan fingerprint density at radius 1 is 0.339 bits per heavy atom. The van der Waals surface area contributed by atoms with E-state index in [1.165, 1.54) is 42.0 Å². The van der Waals surface area contributed by atoms with Crippen molar-refractivity contribution in [3.8, 4) is 61.8 Å². The monoisotopic (exact) mass is 731 g/mol. The van der Waals surface area contributed by atoms with E-state index < -0.39 is 0 Å². The molecule has 0 unspecified atom stereocenters. The van der Waals surface area contributed by atoms with Crippen molar-refractivity contribution in [3.63, 3.8) is 0 Å². The number of fused-ring (bicyclic) bond motifs is 6. The van der Waals surface area contributed by atoms with Gasteiger partial charge in [-0.05, 0) is 53.6 Å². The third-order valence-electron chi connectivity index (χ3n) is 10.8. The van der Waals surface area contributed by atoms with E-state index in [1.54, 1.807) is 0 Å². The van der Waals surface area contributed by atoms with E-state index in [2.05, 4.69) is 193 Å². The minimum atomic E-state index is 0.680. The molecule has 0 spiro atoms. The first-order valence-corrected chi connectivity index (χ1v) is 19.7. The van der Waals surface area contributed by atoms with Gasteiger partial charge in [0.05, 0.1) is 28.1 Å². The lowest BCUT2D eigenvalue weighted by Gasteiger charge is -2.21. The molecule has 11 aromatic rings. The van der Waals surface area contributed by atoms with Gasteiger partial charge < -0.3 is 4.57 Å².